The average molecular weight is 440 g/mol. The zero-order valence-electron chi connectivity index (χ0n) is 16.7. The minimum Gasteiger partial charge on any atom is -0.508 e. The summed E-state index contributed by atoms with van der Waals surface area (Å²) in [7, 11) is 0. The van der Waals surface area contributed by atoms with E-state index in [1.807, 2.05) is 35.7 Å². The van der Waals surface area contributed by atoms with Gasteiger partial charge >= 0.3 is 5.63 Å². The van der Waals surface area contributed by atoms with Crippen molar-refractivity contribution in [2.24, 2.45) is 0 Å². The van der Waals surface area contributed by atoms with Gasteiger partial charge in [-0.25, -0.2) is 9.78 Å². The molecule has 0 aliphatic carbocycles. The lowest BCUT2D eigenvalue weighted by atomic mass is 10.0. The molecule has 4 aromatic rings. The first kappa shape index (κ1) is 20.6. The smallest absolute Gasteiger partial charge is 0.346 e. The molecule has 2 heterocycles. The predicted molar refractivity (Wildman–Crippen MR) is 124 cm³/mol. The van der Waals surface area contributed by atoms with E-state index in [2.05, 4.69) is 11.9 Å². The van der Waals surface area contributed by atoms with Crippen LogP contribution < -0.4 is 5.63 Å². The van der Waals surface area contributed by atoms with Crippen molar-refractivity contribution in [2.75, 3.05) is 0 Å². The summed E-state index contributed by atoms with van der Waals surface area (Å²) >= 11 is 7.36. The molecule has 6 heteroatoms. The van der Waals surface area contributed by atoms with Crippen molar-refractivity contribution in [1.29, 1.82) is 0 Å². The van der Waals surface area contributed by atoms with E-state index in [4.69, 9.17) is 16.0 Å². The number of halogens is 1. The van der Waals surface area contributed by atoms with Crippen molar-refractivity contribution in [3.05, 3.63) is 68.9 Å². The van der Waals surface area contributed by atoms with Crippen molar-refractivity contribution < 1.29 is 9.52 Å². The second-order valence-corrected chi connectivity index (χ2v) is 8.62. The van der Waals surface area contributed by atoms with E-state index < -0.39 is 5.63 Å². The van der Waals surface area contributed by atoms with E-state index in [1.54, 1.807) is 6.07 Å². The molecule has 2 aromatic heterocycles. The fourth-order valence-electron chi connectivity index (χ4n) is 3.45. The molecule has 0 bridgehead atoms. The number of hydrogen-bond donors (Lipinski definition) is 1. The Labute approximate surface area is 183 Å². The van der Waals surface area contributed by atoms with Crippen LogP contribution >= 0.6 is 22.9 Å². The van der Waals surface area contributed by atoms with E-state index in [0.29, 0.717) is 21.2 Å². The maximum atomic E-state index is 12.6. The standard InChI is InChI=1S/C24H22ClNO3S/c1-2-3-4-5-6-16-11-17-12-19(24(28)29-22(17)13-21(16)27)23-26-20(14-30-23)15-7-9-18(25)10-8-15/h7-14,27H,2-6H2,1H3. The predicted octanol–water partition coefficient (Wildman–Crippen LogP) is 7.07. The average Bonchev–Trinajstić information content (AvgIpc) is 3.21. The summed E-state index contributed by atoms with van der Waals surface area (Å²) < 4.78 is 5.49. The van der Waals surface area contributed by atoms with Gasteiger partial charge in [0, 0.05) is 27.4 Å². The van der Waals surface area contributed by atoms with Crippen LogP contribution in [0.25, 0.3) is 32.8 Å². The number of aromatic hydroxyl groups is 1. The van der Waals surface area contributed by atoms with Crippen molar-refractivity contribution in [1.82, 2.24) is 4.98 Å². The number of nitrogens with zero attached hydrogens (tertiary/aromatic N) is 1. The van der Waals surface area contributed by atoms with Crippen LogP contribution in [0.2, 0.25) is 5.02 Å². The molecule has 154 valence electrons. The monoisotopic (exact) mass is 439 g/mol. The van der Waals surface area contributed by atoms with Gasteiger partial charge in [-0.2, -0.15) is 0 Å². The van der Waals surface area contributed by atoms with Gasteiger partial charge in [0.15, 0.2) is 0 Å². The maximum absolute atomic E-state index is 12.6. The van der Waals surface area contributed by atoms with Gasteiger partial charge in [-0.05, 0) is 42.7 Å². The molecule has 0 fully saturated rings. The summed E-state index contributed by atoms with van der Waals surface area (Å²) in [6.45, 7) is 2.17. The molecule has 0 spiro atoms. The van der Waals surface area contributed by atoms with Crippen LogP contribution in [0.1, 0.15) is 38.2 Å². The van der Waals surface area contributed by atoms with Crippen LogP contribution in [-0.2, 0) is 6.42 Å². The summed E-state index contributed by atoms with van der Waals surface area (Å²) in [5, 5.41) is 14.3. The molecule has 0 saturated carbocycles. The first-order chi connectivity index (χ1) is 14.5. The van der Waals surface area contributed by atoms with E-state index in [9.17, 15) is 9.90 Å². The number of phenols is 1. The van der Waals surface area contributed by atoms with E-state index in [1.165, 1.54) is 30.2 Å². The van der Waals surface area contributed by atoms with E-state index >= 15 is 0 Å². The van der Waals surface area contributed by atoms with Gasteiger partial charge in [-0.1, -0.05) is 49.9 Å². The molecule has 0 aliphatic rings. The highest BCUT2D eigenvalue weighted by molar-refractivity contribution is 7.13. The summed E-state index contributed by atoms with van der Waals surface area (Å²) in [5.74, 6) is 0.175. The van der Waals surface area contributed by atoms with Crippen molar-refractivity contribution >= 4 is 33.9 Å². The Balaban J connectivity index is 1.67. The molecule has 1 N–H and O–H groups in total. The zero-order chi connectivity index (χ0) is 21.1. The molecule has 4 nitrogen and oxygen atoms in total. The SMILES string of the molecule is CCCCCCc1cc2cc(-c3nc(-c4ccc(Cl)cc4)cs3)c(=O)oc2cc1O. The van der Waals surface area contributed by atoms with Gasteiger partial charge in [0.2, 0.25) is 0 Å². The van der Waals surface area contributed by atoms with Crippen molar-refractivity contribution in [3.8, 4) is 27.6 Å². The van der Waals surface area contributed by atoms with E-state index in [0.717, 1.165) is 41.5 Å². The molecule has 0 atom stereocenters. The first-order valence-corrected chi connectivity index (χ1v) is 11.3. The highest BCUT2D eigenvalue weighted by Gasteiger charge is 2.14. The quantitative estimate of drug-likeness (QED) is 0.247. The number of benzene rings is 2. The Kier molecular flexibility index (Phi) is 6.21. The Hall–Kier alpha value is -2.63. The normalized spacial score (nSPS) is 11.3. The van der Waals surface area contributed by atoms with Gasteiger partial charge in [0.25, 0.3) is 0 Å². The van der Waals surface area contributed by atoms with Crippen LogP contribution in [0.4, 0.5) is 0 Å². The molecule has 0 radical (unpaired) electrons. The van der Waals surface area contributed by atoms with Crippen molar-refractivity contribution in [3.63, 3.8) is 0 Å². The second kappa shape index (κ2) is 9.02. The summed E-state index contributed by atoms with van der Waals surface area (Å²) in [6, 6.07) is 12.7. The van der Waals surface area contributed by atoms with Gasteiger partial charge < -0.3 is 9.52 Å². The van der Waals surface area contributed by atoms with Crippen LogP contribution in [0, 0.1) is 0 Å². The molecule has 30 heavy (non-hydrogen) atoms. The van der Waals surface area contributed by atoms with Gasteiger partial charge in [-0.3, -0.25) is 0 Å². The highest BCUT2D eigenvalue weighted by Crippen LogP contribution is 2.31. The van der Waals surface area contributed by atoms with Gasteiger partial charge in [-0.15, -0.1) is 11.3 Å². The zero-order valence-corrected chi connectivity index (χ0v) is 18.2. The fourth-order valence-corrected chi connectivity index (χ4v) is 4.40. The second-order valence-electron chi connectivity index (χ2n) is 7.32. The van der Waals surface area contributed by atoms with E-state index in [-0.39, 0.29) is 5.75 Å². The summed E-state index contributed by atoms with van der Waals surface area (Å²) in [4.78, 5) is 17.2. The number of aryl methyl sites for hydroxylation is 1. The Morgan fingerprint density at radius 2 is 1.90 bits per heavy atom. The maximum Gasteiger partial charge on any atom is 0.346 e. The van der Waals surface area contributed by atoms with Crippen molar-refractivity contribution in [2.45, 2.75) is 39.0 Å². The number of aromatic nitrogens is 1. The minimum atomic E-state index is -0.463. The molecule has 4 rings (SSSR count). The summed E-state index contributed by atoms with van der Waals surface area (Å²) in [6.07, 6.45) is 5.31. The fraction of sp³-hybridized carbons (Fsp3) is 0.250. The molecular weight excluding hydrogens is 418 g/mol. The number of unbranched alkanes of at least 4 members (excludes halogenated alkanes) is 3. The number of thiazole rings is 1. The van der Waals surface area contributed by atoms with Gasteiger partial charge in [0.1, 0.15) is 16.3 Å². The van der Waals surface area contributed by atoms with Gasteiger partial charge in [0.05, 0.1) is 11.3 Å². The largest absolute Gasteiger partial charge is 0.508 e. The first-order valence-electron chi connectivity index (χ1n) is 10.1. The molecular formula is C24H22ClNO3S. The van der Waals surface area contributed by atoms with Crippen LogP contribution in [0.15, 0.2) is 57.1 Å². The van der Waals surface area contributed by atoms with Crippen LogP contribution in [0.5, 0.6) is 5.75 Å². The third-order valence-electron chi connectivity index (χ3n) is 5.11. The Morgan fingerprint density at radius 1 is 1.10 bits per heavy atom. The lowest BCUT2D eigenvalue weighted by Crippen LogP contribution is -2.02. The molecule has 2 aromatic carbocycles. The Morgan fingerprint density at radius 3 is 2.67 bits per heavy atom. The number of hydrogen-bond acceptors (Lipinski definition) is 5. The molecule has 0 aliphatic heterocycles. The third-order valence-corrected chi connectivity index (χ3v) is 6.24. The lowest BCUT2D eigenvalue weighted by Gasteiger charge is -2.07. The number of phenolic OH excluding ortho intramolecular Hbond substituents is 1. The van der Waals surface area contributed by atoms with Crippen LogP contribution in [0.3, 0.4) is 0 Å². The topological polar surface area (TPSA) is 63.3 Å². The third kappa shape index (κ3) is 4.42. The van der Waals surface area contributed by atoms with Crippen LogP contribution in [-0.4, -0.2) is 10.1 Å². The minimum absolute atomic E-state index is 0.175. The number of rotatable bonds is 7. The molecule has 0 amide bonds. The number of fused-ring (bicyclic) bond motifs is 1. The molecule has 0 saturated heterocycles. The summed E-state index contributed by atoms with van der Waals surface area (Å²) in [5.41, 5.74) is 2.94. The Bertz CT molecular complexity index is 1230. The highest BCUT2D eigenvalue weighted by atomic mass is 35.5. The lowest BCUT2D eigenvalue weighted by molar-refractivity contribution is 0.464. The molecule has 0 unspecified atom stereocenters.